The van der Waals surface area contributed by atoms with Crippen LogP contribution < -0.4 is 0 Å². The van der Waals surface area contributed by atoms with Crippen molar-refractivity contribution in [3.8, 4) is 0 Å². The van der Waals surface area contributed by atoms with Crippen molar-refractivity contribution in [2.45, 2.75) is 44.4 Å². The number of nitrogens with zero attached hydrogens (tertiary/aromatic N) is 1. The molecule has 0 amide bonds. The highest BCUT2D eigenvalue weighted by molar-refractivity contribution is 4.79. The third-order valence-corrected chi connectivity index (χ3v) is 3.79. The van der Waals surface area contributed by atoms with Crippen LogP contribution in [-0.4, -0.2) is 43.4 Å². The van der Waals surface area contributed by atoms with Gasteiger partial charge in [-0.25, -0.2) is 0 Å². The van der Waals surface area contributed by atoms with Gasteiger partial charge in [0.05, 0.1) is 12.0 Å². The van der Waals surface area contributed by atoms with Crippen LogP contribution in [0, 0.1) is 5.92 Å². The zero-order valence-electron chi connectivity index (χ0n) is 10.0. The molecule has 1 atom stereocenters. The Bertz CT molecular complexity index is 230. The molecule has 0 spiro atoms. The lowest BCUT2D eigenvalue weighted by Gasteiger charge is -2.35. The Morgan fingerprint density at radius 3 is 2.29 bits per heavy atom. The fourth-order valence-electron chi connectivity index (χ4n) is 2.68. The van der Waals surface area contributed by atoms with E-state index in [1.54, 1.807) is 0 Å². The number of rotatable bonds is 2. The first kappa shape index (κ1) is 13.1. The number of hydrogen-bond donors (Lipinski definition) is 0. The van der Waals surface area contributed by atoms with Crippen LogP contribution in [0.2, 0.25) is 0 Å². The van der Waals surface area contributed by atoms with Gasteiger partial charge in [-0.3, -0.25) is 0 Å². The van der Waals surface area contributed by atoms with E-state index in [4.69, 9.17) is 4.74 Å². The molecule has 2 saturated heterocycles. The van der Waals surface area contributed by atoms with Gasteiger partial charge in [0.25, 0.3) is 0 Å². The quantitative estimate of drug-likeness (QED) is 0.748. The van der Waals surface area contributed by atoms with Gasteiger partial charge in [-0.05, 0) is 45.2 Å². The fraction of sp³-hybridized carbons (Fsp3) is 1.00. The summed E-state index contributed by atoms with van der Waals surface area (Å²) in [5.41, 5.74) is 0. The van der Waals surface area contributed by atoms with Crippen molar-refractivity contribution in [3.63, 3.8) is 0 Å². The summed E-state index contributed by atoms with van der Waals surface area (Å²) in [5.74, 6) is -1.09. The summed E-state index contributed by atoms with van der Waals surface area (Å²) in [6.07, 6.45) is 0.0845. The number of piperidine rings is 1. The molecular formula is C12H20F3NO. The molecule has 0 aromatic rings. The summed E-state index contributed by atoms with van der Waals surface area (Å²) in [4.78, 5) is 2.12. The molecule has 0 aliphatic carbocycles. The Balaban J connectivity index is 1.71. The molecule has 100 valence electrons. The maximum absolute atomic E-state index is 12.5. The minimum Gasteiger partial charge on any atom is -0.377 e. The van der Waals surface area contributed by atoms with E-state index in [9.17, 15) is 13.2 Å². The second-order valence-corrected chi connectivity index (χ2v) is 5.11. The molecule has 0 radical (unpaired) electrons. The smallest absolute Gasteiger partial charge is 0.377 e. The zero-order chi connectivity index (χ0) is 12.3. The van der Waals surface area contributed by atoms with E-state index in [-0.39, 0.29) is 18.9 Å². The number of alkyl halides is 3. The van der Waals surface area contributed by atoms with Crippen molar-refractivity contribution in [3.05, 3.63) is 0 Å². The summed E-state index contributed by atoms with van der Waals surface area (Å²) in [6.45, 7) is 2.74. The Hall–Kier alpha value is -0.290. The summed E-state index contributed by atoms with van der Waals surface area (Å²) in [7, 11) is 0. The van der Waals surface area contributed by atoms with Gasteiger partial charge < -0.3 is 9.64 Å². The lowest BCUT2D eigenvalue weighted by atomic mass is 9.96. The van der Waals surface area contributed by atoms with Gasteiger partial charge in [0.2, 0.25) is 0 Å². The highest BCUT2D eigenvalue weighted by Crippen LogP contribution is 2.34. The van der Waals surface area contributed by atoms with Crippen molar-refractivity contribution < 1.29 is 17.9 Å². The number of hydrogen-bond acceptors (Lipinski definition) is 2. The standard InChI is InChI=1S/C12H20F3NO/c13-12(14,15)10-4-6-16(7-5-10)9-11-3-1-2-8-17-11/h10-11H,1-9H2. The third kappa shape index (κ3) is 3.85. The summed E-state index contributed by atoms with van der Waals surface area (Å²) in [5, 5.41) is 0. The SMILES string of the molecule is FC(F)(F)C1CCN(CC2CCCCO2)CC1. The first-order chi connectivity index (χ1) is 8.05. The molecule has 2 aliphatic heterocycles. The number of likely N-dealkylation sites (tertiary alicyclic amines) is 1. The molecule has 2 fully saturated rings. The van der Waals surface area contributed by atoms with Crippen LogP contribution in [0.25, 0.3) is 0 Å². The normalized spacial score (nSPS) is 29.5. The van der Waals surface area contributed by atoms with E-state index >= 15 is 0 Å². The molecule has 5 heteroatoms. The van der Waals surface area contributed by atoms with E-state index in [1.165, 1.54) is 6.42 Å². The van der Waals surface area contributed by atoms with Crippen molar-refractivity contribution >= 4 is 0 Å². The monoisotopic (exact) mass is 251 g/mol. The summed E-state index contributed by atoms with van der Waals surface area (Å²) >= 11 is 0. The largest absolute Gasteiger partial charge is 0.391 e. The van der Waals surface area contributed by atoms with E-state index in [0.717, 1.165) is 26.0 Å². The van der Waals surface area contributed by atoms with Crippen molar-refractivity contribution in [2.75, 3.05) is 26.2 Å². The van der Waals surface area contributed by atoms with E-state index in [2.05, 4.69) is 4.90 Å². The van der Waals surface area contributed by atoms with Crippen LogP contribution in [0.15, 0.2) is 0 Å². The maximum atomic E-state index is 12.5. The molecule has 0 aromatic carbocycles. The second-order valence-electron chi connectivity index (χ2n) is 5.11. The Morgan fingerprint density at radius 2 is 1.76 bits per heavy atom. The van der Waals surface area contributed by atoms with E-state index in [1.807, 2.05) is 0 Å². The van der Waals surface area contributed by atoms with Crippen molar-refractivity contribution in [1.82, 2.24) is 4.90 Å². The van der Waals surface area contributed by atoms with Crippen LogP contribution in [0.1, 0.15) is 32.1 Å². The third-order valence-electron chi connectivity index (χ3n) is 3.79. The van der Waals surface area contributed by atoms with Gasteiger partial charge in [0.1, 0.15) is 0 Å². The van der Waals surface area contributed by atoms with E-state index < -0.39 is 12.1 Å². The van der Waals surface area contributed by atoms with Crippen LogP contribution in [0.5, 0.6) is 0 Å². The molecule has 0 saturated carbocycles. The van der Waals surface area contributed by atoms with Gasteiger partial charge in [-0.1, -0.05) is 0 Å². The molecule has 2 rings (SSSR count). The highest BCUT2D eigenvalue weighted by atomic mass is 19.4. The Morgan fingerprint density at radius 1 is 1.06 bits per heavy atom. The Labute approximate surface area is 100 Å². The lowest BCUT2D eigenvalue weighted by molar-refractivity contribution is -0.185. The maximum Gasteiger partial charge on any atom is 0.391 e. The molecule has 1 unspecified atom stereocenters. The number of halogens is 3. The van der Waals surface area contributed by atoms with Crippen LogP contribution in [0.4, 0.5) is 13.2 Å². The first-order valence-electron chi connectivity index (χ1n) is 6.46. The number of ether oxygens (including phenoxy) is 1. The molecule has 2 aliphatic rings. The second kappa shape index (κ2) is 5.57. The van der Waals surface area contributed by atoms with Crippen LogP contribution >= 0.6 is 0 Å². The van der Waals surface area contributed by atoms with E-state index in [0.29, 0.717) is 13.1 Å². The van der Waals surface area contributed by atoms with Gasteiger partial charge >= 0.3 is 6.18 Å². The average molecular weight is 251 g/mol. The first-order valence-corrected chi connectivity index (χ1v) is 6.46. The van der Waals surface area contributed by atoms with Gasteiger partial charge in [0, 0.05) is 13.2 Å². The van der Waals surface area contributed by atoms with Gasteiger partial charge in [-0.15, -0.1) is 0 Å². The molecule has 0 aromatic heterocycles. The van der Waals surface area contributed by atoms with Crippen molar-refractivity contribution in [1.29, 1.82) is 0 Å². The molecule has 2 nitrogen and oxygen atoms in total. The summed E-state index contributed by atoms with van der Waals surface area (Å²) in [6, 6.07) is 0. The minimum atomic E-state index is -4.01. The molecule has 0 bridgehead atoms. The minimum absolute atomic E-state index is 0.242. The van der Waals surface area contributed by atoms with Gasteiger partial charge in [-0.2, -0.15) is 13.2 Å². The van der Waals surface area contributed by atoms with Gasteiger partial charge in [0.15, 0.2) is 0 Å². The molecular weight excluding hydrogens is 231 g/mol. The molecule has 0 N–H and O–H groups in total. The lowest BCUT2D eigenvalue weighted by Crippen LogP contribution is -2.43. The predicted octanol–water partition coefficient (Wildman–Crippen LogP) is 2.83. The highest BCUT2D eigenvalue weighted by Gasteiger charge is 2.41. The summed E-state index contributed by atoms with van der Waals surface area (Å²) < 4.78 is 43.1. The molecule has 17 heavy (non-hydrogen) atoms. The predicted molar refractivity (Wildman–Crippen MR) is 58.8 cm³/mol. The fourth-order valence-corrected chi connectivity index (χ4v) is 2.68. The van der Waals surface area contributed by atoms with Crippen LogP contribution in [0.3, 0.4) is 0 Å². The van der Waals surface area contributed by atoms with Crippen molar-refractivity contribution in [2.24, 2.45) is 5.92 Å². The zero-order valence-corrected chi connectivity index (χ0v) is 10.0. The molecule has 2 heterocycles. The Kier molecular flexibility index (Phi) is 4.31. The average Bonchev–Trinajstić information content (AvgIpc) is 2.30. The van der Waals surface area contributed by atoms with Crippen LogP contribution in [-0.2, 0) is 4.74 Å². The topological polar surface area (TPSA) is 12.5 Å².